The maximum atomic E-state index is 11.3. The van der Waals surface area contributed by atoms with E-state index in [0.29, 0.717) is 12.3 Å². The molecule has 5 nitrogen and oxygen atoms in total. The topological polar surface area (TPSA) is 71.5 Å². The SMILES string of the molecule is COc1ccc(-c2ccc(NCc3cccc(C)c3)nc2)cc1C(C)(C)CC(=O)O. The molecule has 3 rings (SSSR count). The zero-order chi connectivity index (χ0) is 21.7. The molecule has 0 spiro atoms. The number of hydrogen-bond donors (Lipinski definition) is 2. The lowest BCUT2D eigenvalue weighted by Gasteiger charge is -2.26. The number of carboxylic acids is 1. The Hall–Kier alpha value is -3.34. The van der Waals surface area contributed by atoms with Gasteiger partial charge >= 0.3 is 5.97 Å². The Balaban J connectivity index is 1.80. The molecule has 2 N–H and O–H groups in total. The lowest BCUT2D eigenvalue weighted by atomic mass is 9.80. The van der Waals surface area contributed by atoms with Crippen molar-refractivity contribution in [3.05, 3.63) is 77.5 Å². The normalized spacial score (nSPS) is 11.2. The molecule has 0 bridgehead atoms. The minimum Gasteiger partial charge on any atom is -0.496 e. The Labute approximate surface area is 177 Å². The standard InChI is InChI=1S/C25H28N2O3/c1-17-6-5-7-18(12-17)15-26-23-11-9-20(16-27-23)19-8-10-22(30-4)21(13-19)25(2,3)14-24(28)29/h5-13,16H,14-15H2,1-4H3,(H,26,27)(H,28,29). The summed E-state index contributed by atoms with van der Waals surface area (Å²) in [6.07, 6.45) is 1.85. The lowest BCUT2D eigenvalue weighted by Crippen LogP contribution is -2.22. The van der Waals surface area contributed by atoms with Crippen molar-refractivity contribution in [2.75, 3.05) is 12.4 Å². The quantitative estimate of drug-likeness (QED) is 0.524. The van der Waals surface area contributed by atoms with Crippen molar-refractivity contribution in [3.8, 4) is 16.9 Å². The van der Waals surface area contributed by atoms with E-state index in [1.165, 1.54) is 11.1 Å². The van der Waals surface area contributed by atoms with Crippen molar-refractivity contribution in [1.29, 1.82) is 0 Å². The molecule has 3 aromatic rings. The maximum absolute atomic E-state index is 11.3. The summed E-state index contributed by atoms with van der Waals surface area (Å²) in [5, 5.41) is 12.6. The van der Waals surface area contributed by atoms with Crippen LogP contribution in [-0.2, 0) is 16.8 Å². The first kappa shape index (κ1) is 21.4. The van der Waals surface area contributed by atoms with Crippen LogP contribution in [0.2, 0.25) is 0 Å². The number of nitrogens with one attached hydrogen (secondary N) is 1. The first-order chi connectivity index (χ1) is 14.3. The van der Waals surface area contributed by atoms with E-state index < -0.39 is 11.4 Å². The maximum Gasteiger partial charge on any atom is 0.304 e. The lowest BCUT2D eigenvalue weighted by molar-refractivity contribution is -0.138. The number of carbonyl (C=O) groups is 1. The zero-order valence-corrected chi connectivity index (χ0v) is 17.9. The van der Waals surface area contributed by atoms with Crippen LogP contribution in [0.1, 0.15) is 37.0 Å². The molecule has 1 aromatic heterocycles. The minimum atomic E-state index is -0.835. The molecule has 0 saturated heterocycles. The van der Waals surface area contributed by atoms with Crippen LogP contribution < -0.4 is 10.1 Å². The first-order valence-electron chi connectivity index (χ1n) is 9.94. The summed E-state index contributed by atoms with van der Waals surface area (Å²) in [5.74, 6) is 0.660. The van der Waals surface area contributed by atoms with Crippen LogP contribution in [0, 0.1) is 6.92 Å². The summed E-state index contributed by atoms with van der Waals surface area (Å²) in [4.78, 5) is 15.8. The third-order valence-electron chi connectivity index (χ3n) is 5.17. The molecule has 0 amide bonds. The van der Waals surface area contributed by atoms with Crippen LogP contribution in [0.3, 0.4) is 0 Å². The van der Waals surface area contributed by atoms with Crippen molar-refractivity contribution in [1.82, 2.24) is 4.98 Å². The molecular formula is C25H28N2O3. The molecule has 0 atom stereocenters. The third-order valence-corrected chi connectivity index (χ3v) is 5.17. The number of carboxylic acid groups (broad SMARTS) is 1. The molecule has 156 valence electrons. The van der Waals surface area contributed by atoms with Gasteiger partial charge in [0.25, 0.3) is 0 Å². The van der Waals surface area contributed by atoms with Crippen molar-refractivity contribution < 1.29 is 14.6 Å². The van der Waals surface area contributed by atoms with E-state index in [4.69, 9.17) is 4.74 Å². The van der Waals surface area contributed by atoms with Gasteiger partial charge in [-0.1, -0.05) is 49.7 Å². The molecule has 0 fully saturated rings. The van der Waals surface area contributed by atoms with E-state index in [0.717, 1.165) is 22.5 Å². The predicted octanol–water partition coefficient (Wildman–Crippen LogP) is 5.43. The number of rotatable bonds is 8. The molecule has 1 heterocycles. The second-order valence-corrected chi connectivity index (χ2v) is 8.14. The molecule has 5 heteroatoms. The molecular weight excluding hydrogens is 376 g/mol. The van der Waals surface area contributed by atoms with Crippen LogP contribution >= 0.6 is 0 Å². The third kappa shape index (κ3) is 5.17. The van der Waals surface area contributed by atoms with Gasteiger partial charge in [0.15, 0.2) is 0 Å². The Morgan fingerprint density at radius 2 is 1.87 bits per heavy atom. The number of aliphatic carboxylic acids is 1. The highest BCUT2D eigenvalue weighted by Crippen LogP contribution is 2.37. The number of aryl methyl sites for hydroxylation is 1. The van der Waals surface area contributed by atoms with Crippen molar-refractivity contribution in [3.63, 3.8) is 0 Å². The highest BCUT2D eigenvalue weighted by Gasteiger charge is 2.28. The highest BCUT2D eigenvalue weighted by molar-refractivity contribution is 5.71. The van der Waals surface area contributed by atoms with Gasteiger partial charge < -0.3 is 15.2 Å². The summed E-state index contributed by atoms with van der Waals surface area (Å²) in [5.41, 5.74) is 4.69. The van der Waals surface area contributed by atoms with Gasteiger partial charge in [-0.15, -0.1) is 0 Å². The van der Waals surface area contributed by atoms with E-state index in [1.54, 1.807) is 7.11 Å². The van der Waals surface area contributed by atoms with E-state index in [1.807, 2.05) is 50.4 Å². The number of nitrogens with zero attached hydrogens (tertiary/aromatic N) is 1. The fraction of sp³-hybridized carbons (Fsp3) is 0.280. The number of benzene rings is 2. The van der Waals surface area contributed by atoms with Crippen molar-refractivity contribution >= 4 is 11.8 Å². The average Bonchev–Trinajstić information content (AvgIpc) is 2.71. The van der Waals surface area contributed by atoms with Gasteiger partial charge in [0.05, 0.1) is 13.5 Å². The molecule has 0 aliphatic carbocycles. The summed E-state index contributed by atoms with van der Waals surface area (Å²) >= 11 is 0. The molecule has 2 aromatic carbocycles. The molecule has 0 radical (unpaired) electrons. The Kier molecular flexibility index (Phi) is 6.40. The Bertz CT molecular complexity index is 1030. The number of methoxy groups -OCH3 is 1. The number of pyridine rings is 1. The van der Waals surface area contributed by atoms with Crippen LogP contribution in [-0.4, -0.2) is 23.2 Å². The number of aromatic nitrogens is 1. The zero-order valence-electron chi connectivity index (χ0n) is 17.9. The van der Waals surface area contributed by atoms with E-state index >= 15 is 0 Å². The molecule has 0 aliphatic rings. The smallest absolute Gasteiger partial charge is 0.304 e. The van der Waals surface area contributed by atoms with E-state index in [2.05, 4.69) is 41.5 Å². The summed E-state index contributed by atoms with van der Waals surface area (Å²) in [6, 6.07) is 18.2. The van der Waals surface area contributed by atoms with Crippen molar-refractivity contribution in [2.45, 2.75) is 39.2 Å². The van der Waals surface area contributed by atoms with Crippen LogP contribution in [0.4, 0.5) is 5.82 Å². The largest absolute Gasteiger partial charge is 0.496 e. The first-order valence-corrected chi connectivity index (χ1v) is 9.94. The van der Waals surface area contributed by atoms with Gasteiger partial charge in [0.1, 0.15) is 11.6 Å². The number of anilines is 1. The molecule has 0 unspecified atom stereocenters. The summed E-state index contributed by atoms with van der Waals surface area (Å²) < 4.78 is 5.49. The Morgan fingerprint density at radius 1 is 1.10 bits per heavy atom. The fourth-order valence-electron chi connectivity index (χ4n) is 3.57. The van der Waals surface area contributed by atoms with E-state index in [9.17, 15) is 9.90 Å². The number of ether oxygens (including phenoxy) is 1. The molecule has 30 heavy (non-hydrogen) atoms. The summed E-state index contributed by atoms with van der Waals surface area (Å²) in [6.45, 7) is 6.63. The Morgan fingerprint density at radius 3 is 2.50 bits per heavy atom. The van der Waals surface area contributed by atoms with Gasteiger partial charge in [-0.05, 0) is 42.3 Å². The van der Waals surface area contributed by atoms with Gasteiger partial charge in [-0.2, -0.15) is 0 Å². The van der Waals surface area contributed by atoms with Gasteiger partial charge in [0, 0.05) is 29.3 Å². The second kappa shape index (κ2) is 8.99. The van der Waals surface area contributed by atoms with Gasteiger partial charge in [0.2, 0.25) is 0 Å². The van der Waals surface area contributed by atoms with Crippen LogP contribution in [0.25, 0.3) is 11.1 Å². The van der Waals surface area contributed by atoms with Crippen molar-refractivity contribution in [2.24, 2.45) is 0 Å². The second-order valence-electron chi connectivity index (χ2n) is 8.14. The summed E-state index contributed by atoms with van der Waals surface area (Å²) in [7, 11) is 1.60. The number of hydrogen-bond acceptors (Lipinski definition) is 4. The van der Waals surface area contributed by atoms with Gasteiger partial charge in [-0.3, -0.25) is 4.79 Å². The molecule has 0 aliphatic heterocycles. The van der Waals surface area contributed by atoms with Crippen LogP contribution in [0.5, 0.6) is 5.75 Å². The predicted molar refractivity (Wildman–Crippen MR) is 120 cm³/mol. The molecule has 0 saturated carbocycles. The van der Waals surface area contributed by atoms with E-state index in [-0.39, 0.29) is 6.42 Å². The highest BCUT2D eigenvalue weighted by atomic mass is 16.5. The fourth-order valence-corrected chi connectivity index (χ4v) is 3.57. The van der Waals surface area contributed by atoms with Gasteiger partial charge in [-0.25, -0.2) is 4.98 Å². The average molecular weight is 405 g/mol. The van der Waals surface area contributed by atoms with Crippen LogP contribution in [0.15, 0.2) is 60.8 Å². The monoisotopic (exact) mass is 404 g/mol. The minimum absolute atomic E-state index is 0.0207.